The smallest absolute Gasteiger partial charge is 0.187 e. The molecule has 5 heteroatoms. The fourth-order valence-corrected chi connectivity index (χ4v) is 1.90. The lowest BCUT2D eigenvalue weighted by molar-refractivity contribution is 0.624. The Kier molecular flexibility index (Phi) is 2.84. The van der Waals surface area contributed by atoms with Crippen LogP contribution in [0.3, 0.4) is 0 Å². The molecule has 1 aromatic heterocycles. The molecular weight excluding hydrogens is 225 g/mol. The highest BCUT2D eigenvalue weighted by Crippen LogP contribution is 2.22. The van der Waals surface area contributed by atoms with E-state index < -0.39 is 5.82 Å². The summed E-state index contributed by atoms with van der Waals surface area (Å²) >= 11 is 1.49. The fraction of sp³-hybridized carbons (Fsp3) is 0.0909. The molecule has 0 unspecified atom stereocenters. The van der Waals surface area contributed by atoms with Crippen LogP contribution in [0.2, 0.25) is 0 Å². The summed E-state index contributed by atoms with van der Waals surface area (Å²) in [6.07, 6.45) is 1.74. The quantitative estimate of drug-likeness (QED) is 0.866. The van der Waals surface area contributed by atoms with Gasteiger partial charge in [-0.15, -0.1) is 11.3 Å². The first-order chi connectivity index (χ1) is 7.69. The molecule has 0 saturated heterocycles. The third kappa shape index (κ3) is 2.18. The Balaban J connectivity index is 2.23. The van der Waals surface area contributed by atoms with Gasteiger partial charge in [-0.05, 0) is 25.1 Å². The number of nitrogens with zero attached hydrogens (tertiary/aromatic N) is 2. The second-order valence-corrected chi connectivity index (χ2v) is 4.44. The number of anilines is 2. The summed E-state index contributed by atoms with van der Waals surface area (Å²) in [4.78, 5) is 5.18. The van der Waals surface area contributed by atoms with Gasteiger partial charge in [0.05, 0.1) is 5.56 Å². The van der Waals surface area contributed by atoms with Gasteiger partial charge in [0, 0.05) is 16.8 Å². The Morgan fingerprint density at radius 2 is 2.31 bits per heavy atom. The van der Waals surface area contributed by atoms with Crippen molar-refractivity contribution in [3.05, 3.63) is 40.7 Å². The molecule has 3 nitrogen and oxygen atoms in total. The van der Waals surface area contributed by atoms with Crippen molar-refractivity contribution < 1.29 is 4.39 Å². The third-order valence-electron chi connectivity index (χ3n) is 1.96. The van der Waals surface area contributed by atoms with Gasteiger partial charge in [-0.25, -0.2) is 9.37 Å². The van der Waals surface area contributed by atoms with Crippen LogP contribution in [0.1, 0.15) is 10.4 Å². The first-order valence-corrected chi connectivity index (χ1v) is 5.40. The number of halogens is 1. The molecule has 1 heterocycles. The van der Waals surface area contributed by atoms with Gasteiger partial charge in [0.2, 0.25) is 0 Å². The summed E-state index contributed by atoms with van der Waals surface area (Å²) in [5.41, 5.74) is 0.631. The van der Waals surface area contributed by atoms with Crippen LogP contribution < -0.4 is 5.32 Å². The molecule has 0 aliphatic heterocycles. The Hall–Kier alpha value is -1.93. The number of benzene rings is 1. The van der Waals surface area contributed by atoms with E-state index in [0.717, 1.165) is 4.88 Å². The van der Waals surface area contributed by atoms with Crippen LogP contribution >= 0.6 is 11.3 Å². The van der Waals surface area contributed by atoms with Crippen LogP contribution in [0.5, 0.6) is 0 Å². The summed E-state index contributed by atoms with van der Waals surface area (Å²) in [6.45, 7) is 1.95. The molecule has 0 bridgehead atoms. The largest absolute Gasteiger partial charge is 0.331 e. The molecule has 16 heavy (non-hydrogen) atoms. The van der Waals surface area contributed by atoms with Crippen molar-refractivity contribution in [2.75, 3.05) is 5.32 Å². The third-order valence-corrected chi connectivity index (χ3v) is 2.79. The Bertz CT molecular complexity index is 557. The molecule has 0 saturated carbocycles. The Morgan fingerprint density at radius 1 is 1.50 bits per heavy atom. The number of aryl methyl sites for hydroxylation is 1. The van der Waals surface area contributed by atoms with Crippen LogP contribution in [0, 0.1) is 24.1 Å². The highest BCUT2D eigenvalue weighted by molar-refractivity contribution is 7.15. The average Bonchev–Trinajstić information content (AvgIpc) is 2.64. The molecule has 0 fully saturated rings. The van der Waals surface area contributed by atoms with E-state index in [1.54, 1.807) is 18.3 Å². The van der Waals surface area contributed by atoms with Gasteiger partial charge in [0.15, 0.2) is 5.13 Å². The van der Waals surface area contributed by atoms with Gasteiger partial charge >= 0.3 is 0 Å². The number of aromatic nitrogens is 1. The number of rotatable bonds is 2. The van der Waals surface area contributed by atoms with Crippen molar-refractivity contribution in [3.63, 3.8) is 0 Å². The monoisotopic (exact) mass is 233 g/mol. The summed E-state index contributed by atoms with van der Waals surface area (Å²) < 4.78 is 13.3. The van der Waals surface area contributed by atoms with E-state index in [4.69, 9.17) is 5.26 Å². The summed E-state index contributed by atoms with van der Waals surface area (Å²) in [7, 11) is 0. The molecule has 80 valence electrons. The maximum atomic E-state index is 13.3. The van der Waals surface area contributed by atoms with Crippen molar-refractivity contribution in [2.45, 2.75) is 6.92 Å². The second kappa shape index (κ2) is 4.29. The molecular formula is C11H8FN3S. The number of nitriles is 1. The van der Waals surface area contributed by atoms with E-state index in [1.165, 1.54) is 23.5 Å². The molecule has 2 aromatic rings. The van der Waals surface area contributed by atoms with E-state index in [0.29, 0.717) is 10.8 Å². The Labute approximate surface area is 96.2 Å². The van der Waals surface area contributed by atoms with Gasteiger partial charge in [-0.3, -0.25) is 0 Å². The molecule has 0 aliphatic rings. The highest BCUT2D eigenvalue weighted by Gasteiger charge is 2.04. The number of hydrogen-bond acceptors (Lipinski definition) is 4. The summed E-state index contributed by atoms with van der Waals surface area (Å²) in [6, 6.07) is 6.16. The molecule has 0 aliphatic carbocycles. The van der Waals surface area contributed by atoms with Gasteiger partial charge < -0.3 is 5.32 Å². The van der Waals surface area contributed by atoms with Crippen molar-refractivity contribution in [3.8, 4) is 6.07 Å². The predicted molar refractivity (Wildman–Crippen MR) is 61.2 cm³/mol. The maximum Gasteiger partial charge on any atom is 0.187 e. The maximum absolute atomic E-state index is 13.3. The summed E-state index contributed by atoms with van der Waals surface area (Å²) in [5, 5.41) is 12.3. The minimum absolute atomic E-state index is 0.0425. The van der Waals surface area contributed by atoms with Crippen molar-refractivity contribution in [2.24, 2.45) is 0 Å². The van der Waals surface area contributed by atoms with Gasteiger partial charge in [0.25, 0.3) is 0 Å². The average molecular weight is 233 g/mol. The van der Waals surface area contributed by atoms with E-state index in [1.807, 2.05) is 6.92 Å². The molecule has 1 N–H and O–H groups in total. The zero-order valence-corrected chi connectivity index (χ0v) is 9.31. The van der Waals surface area contributed by atoms with E-state index in [2.05, 4.69) is 10.3 Å². The van der Waals surface area contributed by atoms with Crippen LogP contribution in [0.4, 0.5) is 15.2 Å². The first-order valence-electron chi connectivity index (χ1n) is 4.58. The lowest BCUT2D eigenvalue weighted by atomic mass is 10.2. The zero-order chi connectivity index (χ0) is 11.5. The minimum atomic E-state index is -0.527. The summed E-state index contributed by atoms with van der Waals surface area (Å²) in [5.74, 6) is -0.527. The van der Waals surface area contributed by atoms with Gasteiger partial charge in [0.1, 0.15) is 11.9 Å². The molecule has 0 radical (unpaired) electrons. The van der Waals surface area contributed by atoms with Gasteiger partial charge in [-0.2, -0.15) is 5.26 Å². The van der Waals surface area contributed by atoms with Gasteiger partial charge in [-0.1, -0.05) is 0 Å². The first kappa shape index (κ1) is 10.6. The van der Waals surface area contributed by atoms with E-state index in [-0.39, 0.29) is 5.56 Å². The molecule has 2 rings (SSSR count). The number of nitrogens with one attached hydrogen (secondary N) is 1. The lowest BCUT2D eigenvalue weighted by Gasteiger charge is -2.02. The van der Waals surface area contributed by atoms with Crippen LogP contribution in [0.15, 0.2) is 24.4 Å². The Morgan fingerprint density at radius 3 is 2.88 bits per heavy atom. The lowest BCUT2D eigenvalue weighted by Crippen LogP contribution is -1.91. The fourth-order valence-electron chi connectivity index (χ4n) is 1.22. The van der Waals surface area contributed by atoms with E-state index in [9.17, 15) is 4.39 Å². The topological polar surface area (TPSA) is 48.7 Å². The van der Waals surface area contributed by atoms with Crippen molar-refractivity contribution in [1.29, 1.82) is 5.26 Å². The predicted octanol–water partition coefficient (Wildman–Crippen LogP) is 3.21. The normalized spacial score (nSPS) is 9.81. The van der Waals surface area contributed by atoms with Crippen LogP contribution in [0.25, 0.3) is 0 Å². The van der Waals surface area contributed by atoms with Crippen LogP contribution in [-0.4, -0.2) is 4.98 Å². The molecule has 0 atom stereocenters. The van der Waals surface area contributed by atoms with Crippen LogP contribution in [-0.2, 0) is 0 Å². The molecule has 1 aromatic carbocycles. The number of thiazole rings is 1. The number of hydrogen-bond donors (Lipinski definition) is 1. The van der Waals surface area contributed by atoms with Crippen molar-refractivity contribution in [1.82, 2.24) is 4.98 Å². The highest BCUT2D eigenvalue weighted by atomic mass is 32.1. The zero-order valence-electron chi connectivity index (χ0n) is 8.49. The molecule has 0 spiro atoms. The standard InChI is InChI=1S/C11H8FN3S/c1-7-6-14-11(16-7)15-9-3-2-8(5-13)10(12)4-9/h2-4,6H,1H3,(H,14,15). The van der Waals surface area contributed by atoms with Crippen molar-refractivity contribution >= 4 is 22.2 Å². The molecule has 0 amide bonds. The SMILES string of the molecule is Cc1cnc(Nc2ccc(C#N)c(F)c2)s1. The second-order valence-electron chi connectivity index (χ2n) is 3.21. The van der Waals surface area contributed by atoms with E-state index >= 15 is 0 Å². The minimum Gasteiger partial charge on any atom is -0.331 e.